The number of fused-ring (bicyclic) bond motifs is 1. The van der Waals surface area contributed by atoms with Gasteiger partial charge in [-0.05, 0) is 66.8 Å². The van der Waals surface area contributed by atoms with Gasteiger partial charge in [-0.15, -0.1) is 0 Å². The first-order valence-corrected chi connectivity index (χ1v) is 13.5. The third-order valence-electron chi connectivity index (χ3n) is 7.37. The molecule has 2 aliphatic rings. The number of methoxy groups -OCH3 is 1. The Hall–Kier alpha value is -4.20. The van der Waals surface area contributed by atoms with Crippen LogP contribution in [0.2, 0.25) is 0 Å². The molecule has 39 heavy (non-hydrogen) atoms. The predicted molar refractivity (Wildman–Crippen MR) is 148 cm³/mol. The molecule has 204 valence electrons. The summed E-state index contributed by atoms with van der Waals surface area (Å²) < 4.78 is 16.8. The summed E-state index contributed by atoms with van der Waals surface area (Å²) in [4.78, 5) is 30.1. The Morgan fingerprint density at radius 3 is 2.51 bits per heavy atom. The predicted octanol–water partition coefficient (Wildman–Crippen LogP) is 5.18. The maximum Gasteiger partial charge on any atom is 0.259 e. The molecule has 1 fully saturated rings. The van der Waals surface area contributed by atoms with Gasteiger partial charge in [-0.3, -0.25) is 14.5 Å². The second-order valence-electron chi connectivity index (χ2n) is 9.84. The average molecular weight is 531 g/mol. The SMILES string of the molecule is CCc1ccccc1N(C(=O)c1ccc2c(c1)OCCO2)C(C(=O)NC1CCCC1)c1ccc(O)c(OC)c1. The van der Waals surface area contributed by atoms with Gasteiger partial charge in [0.05, 0.1) is 7.11 Å². The number of aromatic hydroxyl groups is 1. The first kappa shape index (κ1) is 26.4. The molecular formula is C31H34N2O6. The van der Waals surface area contributed by atoms with E-state index in [4.69, 9.17) is 14.2 Å². The molecule has 3 aromatic carbocycles. The van der Waals surface area contributed by atoms with Crippen molar-refractivity contribution in [2.24, 2.45) is 0 Å². The molecule has 0 radical (unpaired) electrons. The number of benzene rings is 3. The van der Waals surface area contributed by atoms with Crippen LogP contribution in [-0.2, 0) is 11.2 Å². The number of nitrogens with one attached hydrogen (secondary N) is 1. The highest BCUT2D eigenvalue weighted by molar-refractivity contribution is 6.11. The van der Waals surface area contributed by atoms with Gasteiger partial charge in [0, 0.05) is 17.3 Å². The number of anilines is 1. The fraction of sp³-hybridized carbons (Fsp3) is 0.355. The first-order chi connectivity index (χ1) is 19.0. The summed E-state index contributed by atoms with van der Waals surface area (Å²) in [5, 5.41) is 13.5. The zero-order valence-corrected chi connectivity index (χ0v) is 22.3. The number of nitrogens with zero attached hydrogens (tertiary/aromatic N) is 1. The Bertz CT molecular complexity index is 1350. The molecule has 0 aromatic heterocycles. The zero-order chi connectivity index (χ0) is 27.4. The summed E-state index contributed by atoms with van der Waals surface area (Å²) >= 11 is 0. The summed E-state index contributed by atoms with van der Waals surface area (Å²) in [5.41, 5.74) is 2.46. The minimum absolute atomic E-state index is 0.0464. The molecule has 0 bridgehead atoms. The number of carbonyl (C=O) groups excluding carboxylic acids is 2. The van der Waals surface area contributed by atoms with E-state index in [2.05, 4.69) is 5.32 Å². The van der Waals surface area contributed by atoms with Gasteiger partial charge in [-0.25, -0.2) is 0 Å². The molecule has 0 spiro atoms. The maximum absolute atomic E-state index is 14.4. The minimum Gasteiger partial charge on any atom is -0.504 e. The number of carbonyl (C=O) groups is 2. The Morgan fingerprint density at radius 1 is 1.03 bits per heavy atom. The fourth-order valence-corrected chi connectivity index (χ4v) is 5.36. The van der Waals surface area contributed by atoms with E-state index in [-0.39, 0.29) is 29.4 Å². The largest absolute Gasteiger partial charge is 0.504 e. The highest BCUT2D eigenvalue weighted by Crippen LogP contribution is 2.38. The van der Waals surface area contributed by atoms with Crippen LogP contribution in [0.5, 0.6) is 23.0 Å². The standard InChI is InChI=1S/C31H34N2O6/c1-3-20-8-4-7-11-24(20)33(31(36)22-13-15-26-28(19-22)39-17-16-38-26)29(30(35)32-23-9-5-6-10-23)21-12-14-25(34)27(18-21)37-2/h4,7-8,11-15,18-19,23,29,34H,3,5-6,9-10,16-17H2,1-2H3,(H,32,35). The molecule has 1 atom stereocenters. The molecule has 2 N–H and O–H groups in total. The van der Waals surface area contributed by atoms with Crippen molar-refractivity contribution < 1.29 is 28.9 Å². The highest BCUT2D eigenvalue weighted by Gasteiger charge is 2.36. The number of para-hydroxylation sites is 1. The van der Waals surface area contributed by atoms with E-state index >= 15 is 0 Å². The van der Waals surface area contributed by atoms with Crippen LogP contribution in [0, 0.1) is 0 Å². The van der Waals surface area contributed by atoms with E-state index in [0.717, 1.165) is 31.2 Å². The minimum atomic E-state index is -1.02. The van der Waals surface area contributed by atoms with Crippen LogP contribution >= 0.6 is 0 Å². The van der Waals surface area contributed by atoms with Crippen LogP contribution in [0.25, 0.3) is 0 Å². The van der Waals surface area contributed by atoms with Crippen molar-refractivity contribution in [1.29, 1.82) is 0 Å². The monoisotopic (exact) mass is 530 g/mol. The van der Waals surface area contributed by atoms with E-state index in [1.54, 1.807) is 35.2 Å². The Morgan fingerprint density at radius 2 is 1.77 bits per heavy atom. The molecule has 1 aliphatic carbocycles. The molecule has 0 saturated heterocycles. The number of rotatable bonds is 8. The quantitative estimate of drug-likeness (QED) is 0.417. The van der Waals surface area contributed by atoms with E-state index in [9.17, 15) is 14.7 Å². The van der Waals surface area contributed by atoms with Gasteiger partial charge in [-0.2, -0.15) is 0 Å². The molecule has 1 unspecified atom stereocenters. The Balaban J connectivity index is 1.66. The third kappa shape index (κ3) is 5.50. The number of phenolic OH excluding ortho intramolecular Hbond substituents is 1. The lowest BCUT2D eigenvalue weighted by Gasteiger charge is -2.34. The number of aryl methyl sites for hydroxylation is 1. The van der Waals surface area contributed by atoms with Crippen molar-refractivity contribution in [2.75, 3.05) is 25.2 Å². The van der Waals surface area contributed by atoms with Gasteiger partial charge in [-0.1, -0.05) is 44.0 Å². The number of amides is 2. The van der Waals surface area contributed by atoms with Gasteiger partial charge in [0.15, 0.2) is 23.0 Å². The van der Waals surface area contributed by atoms with Gasteiger partial charge in [0.25, 0.3) is 5.91 Å². The summed E-state index contributed by atoms with van der Waals surface area (Å²) in [7, 11) is 1.46. The smallest absolute Gasteiger partial charge is 0.259 e. The zero-order valence-electron chi connectivity index (χ0n) is 22.3. The number of phenols is 1. The maximum atomic E-state index is 14.4. The molecule has 8 heteroatoms. The lowest BCUT2D eigenvalue weighted by atomic mass is 9.98. The summed E-state index contributed by atoms with van der Waals surface area (Å²) in [6.45, 7) is 2.86. The van der Waals surface area contributed by atoms with Crippen molar-refractivity contribution in [1.82, 2.24) is 5.32 Å². The van der Waals surface area contributed by atoms with Crippen LogP contribution < -0.4 is 24.4 Å². The van der Waals surface area contributed by atoms with Gasteiger partial charge in [0.1, 0.15) is 19.3 Å². The summed E-state index contributed by atoms with van der Waals surface area (Å²) in [6.07, 6.45) is 4.58. The third-order valence-corrected chi connectivity index (χ3v) is 7.37. The number of hydrogen-bond acceptors (Lipinski definition) is 6. The van der Waals surface area contributed by atoms with Crippen LogP contribution in [0.1, 0.15) is 60.1 Å². The highest BCUT2D eigenvalue weighted by atomic mass is 16.6. The molecule has 1 saturated carbocycles. The van der Waals surface area contributed by atoms with Crippen molar-refractivity contribution >= 4 is 17.5 Å². The fourth-order valence-electron chi connectivity index (χ4n) is 5.36. The van der Waals surface area contributed by atoms with Crippen molar-refractivity contribution in [2.45, 2.75) is 51.1 Å². The van der Waals surface area contributed by atoms with Crippen LogP contribution in [0.4, 0.5) is 5.69 Å². The molecule has 8 nitrogen and oxygen atoms in total. The van der Waals surface area contributed by atoms with Crippen molar-refractivity contribution in [3.8, 4) is 23.0 Å². The van der Waals surface area contributed by atoms with Gasteiger partial charge in [0.2, 0.25) is 5.91 Å². The Labute approximate surface area is 228 Å². The Kier molecular flexibility index (Phi) is 7.91. The molecule has 1 heterocycles. The van der Waals surface area contributed by atoms with Crippen molar-refractivity contribution in [3.63, 3.8) is 0 Å². The summed E-state index contributed by atoms with van der Waals surface area (Å²) in [6, 6.07) is 16.5. The second-order valence-corrected chi connectivity index (χ2v) is 9.84. The van der Waals surface area contributed by atoms with E-state index < -0.39 is 6.04 Å². The second kappa shape index (κ2) is 11.7. The molecule has 5 rings (SSSR count). The average Bonchev–Trinajstić information content (AvgIpc) is 3.48. The molecule has 2 amide bonds. The number of ether oxygens (including phenoxy) is 3. The van der Waals surface area contributed by atoms with E-state index in [0.29, 0.717) is 47.9 Å². The van der Waals surface area contributed by atoms with Crippen molar-refractivity contribution in [3.05, 3.63) is 77.4 Å². The molecule has 3 aromatic rings. The van der Waals surface area contributed by atoms with E-state index in [1.165, 1.54) is 13.2 Å². The molecular weight excluding hydrogens is 496 g/mol. The van der Waals surface area contributed by atoms with Crippen LogP contribution in [0.3, 0.4) is 0 Å². The molecule has 1 aliphatic heterocycles. The summed E-state index contributed by atoms with van der Waals surface area (Å²) in [5.74, 6) is 0.612. The number of hydrogen-bond donors (Lipinski definition) is 2. The lowest BCUT2D eigenvalue weighted by Crippen LogP contribution is -2.46. The van der Waals surface area contributed by atoms with Gasteiger partial charge < -0.3 is 24.6 Å². The normalized spacial score (nSPS) is 15.4. The van der Waals surface area contributed by atoms with E-state index in [1.807, 2.05) is 31.2 Å². The van der Waals surface area contributed by atoms with Gasteiger partial charge >= 0.3 is 0 Å². The lowest BCUT2D eigenvalue weighted by molar-refractivity contribution is -0.123. The van der Waals surface area contributed by atoms with Crippen LogP contribution in [-0.4, -0.2) is 43.3 Å². The topological polar surface area (TPSA) is 97.3 Å². The first-order valence-electron chi connectivity index (χ1n) is 13.5. The van der Waals surface area contributed by atoms with Crippen LogP contribution in [0.15, 0.2) is 60.7 Å².